The van der Waals surface area contributed by atoms with Crippen LogP contribution in [0.15, 0.2) is 42.5 Å². The molecule has 1 fully saturated rings. The average Bonchev–Trinajstić information content (AvgIpc) is 3.13. The van der Waals surface area contributed by atoms with Crippen molar-refractivity contribution in [1.82, 2.24) is 0 Å². The summed E-state index contributed by atoms with van der Waals surface area (Å²) in [6.07, 6.45) is -0.121. The molecule has 2 aliphatic rings. The number of hydrogen-bond donors (Lipinski definition) is 1. The van der Waals surface area contributed by atoms with Crippen LogP contribution in [0.3, 0.4) is 0 Å². The Kier molecular flexibility index (Phi) is 5.18. The quantitative estimate of drug-likeness (QED) is 0.595. The normalized spacial score (nSPS) is 17.8. The molecule has 2 aliphatic heterocycles. The van der Waals surface area contributed by atoms with Gasteiger partial charge in [0.1, 0.15) is 11.6 Å². The van der Waals surface area contributed by atoms with Gasteiger partial charge in [0.05, 0.1) is 17.3 Å². The van der Waals surface area contributed by atoms with Crippen molar-refractivity contribution in [3.63, 3.8) is 0 Å². The van der Waals surface area contributed by atoms with Gasteiger partial charge in [-0.05, 0) is 30.3 Å². The third-order valence-electron chi connectivity index (χ3n) is 4.88. The van der Waals surface area contributed by atoms with Gasteiger partial charge in [-0.2, -0.15) is 0 Å². The van der Waals surface area contributed by atoms with E-state index in [4.69, 9.17) is 9.47 Å². The van der Waals surface area contributed by atoms with Crippen molar-refractivity contribution in [2.75, 3.05) is 30.0 Å². The number of rotatable bonds is 5. The van der Waals surface area contributed by atoms with Crippen LogP contribution in [-0.4, -0.2) is 43.3 Å². The fraction of sp³-hybridized carbons (Fsp3) is 0.238. The summed E-state index contributed by atoms with van der Waals surface area (Å²) in [7, 11) is 0. The molecule has 0 unspecified atom stereocenters. The Balaban J connectivity index is 1.36. The fourth-order valence-electron chi connectivity index (χ4n) is 3.36. The van der Waals surface area contributed by atoms with Gasteiger partial charge in [0.25, 0.3) is 5.91 Å². The van der Waals surface area contributed by atoms with Crippen molar-refractivity contribution in [3.05, 3.63) is 53.8 Å². The van der Waals surface area contributed by atoms with Crippen molar-refractivity contribution in [2.45, 2.75) is 6.42 Å². The lowest BCUT2D eigenvalue weighted by Crippen LogP contribution is -2.28. The molecule has 1 atom stereocenters. The standard InChI is InChI=1S/C21H17FN2O6/c22-14-3-1-2-4-16(14)24-9-13(8-20(24)27)21(28)30-10-17(25)12-5-6-18-15(7-12)23-19(26)11-29-18/h1-7,13H,8-11H2,(H,23,26)/t13-/m1/s1. The number of ketones is 1. The second-order valence-corrected chi connectivity index (χ2v) is 6.94. The van der Waals surface area contributed by atoms with Gasteiger partial charge >= 0.3 is 5.97 Å². The number of anilines is 2. The molecule has 8 nitrogen and oxygen atoms in total. The average molecular weight is 412 g/mol. The minimum absolute atomic E-state index is 0.0188. The first-order valence-electron chi connectivity index (χ1n) is 9.24. The number of hydrogen-bond acceptors (Lipinski definition) is 6. The number of amides is 2. The van der Waals surface area contributed by atoms with Crippen LogP contribution in [0, 0.1) is 11.7 Å². The van der Waals surface area contributed by atoms with E-state index in [-0.39, 0.29) is 42.6 Å². The molecule has 30 heavy (non-hydrogen) atoms. The van der Waals surface area contributed by atoms with Gasteiger partial charge < -0.3 is 19.7 Å². The fourth-order valence-corrected chi connectivity index (χ4v) is 3.36. The maximum Gasteiger partial charge on any atom is 0.311 e. The predicted molar refractivity (Wildman–Crippen MR) is 103 cm³/mol. The van der Waals surface area contributed by atoms with Crippen molar-refractivity contribution in [3.8, 4) is 5.75 Å². The van der Waals surface area contributed by atoms with Gasteiger partial charge in [0.2, 0.25) is 5.91 Å². The SMILES string of the molecule is O=C1COc2ccc(C(=O)COC(=O)[C@@H]3CC(=O)N(c4ccccc4F)C3)cc2N1. The van der Waals surface area contributed by atoms with Gasteiger partial charge in [0.15, 0.2) is 19.0 Å². The third-order valence-corrected chi connectivity index (χ3v) is 4.88. The van der Waals surface area contributed by atoms with E-state index < -0.39 is 30.1 Å². The van der Waals surface area contributed by atoms with Gasteiger partial charge in [-0.3, -0.25) is 19.2 Å². The third kappa shape index (κ3) is 3.86. The molecule has 2 aromatic rings. The molecule has 4 rings (SSSR count). The minimum Gasteiger partial charge on any atom is -0.482 e. The Morgan fingerprint density at radius 2 is 2.00 bits per heavy atom. The van der Waals surface area contributed by atoms with Crippen LogP contribution in [0.5, 0.6) is 5.75 Å². The molecule has 0 aromatic heterocycles. The first kappa shape index (κ1) is 19.6. The Labute approximate surface area is 170 Å². The van der Waals surface area contributed by atoms with E-state index in [1.807, 2.05) is 0 Å². The lowest BCUT2D eigenvalue weighted by atomic mass is 10.1. The number of benzene rings is 2. The highest BCUT2D eigenvalue weighted by molar-refractivity contribution is 6.03. The Morgan fingerprint density at radius 1 is 1.20 bits per heavy atom. The Bertz CT molecular complexity index is 1050. The molecular formula is C21H17FN2O6. The predicted octanol–water partition coefficient (Wildman–Crippen LogP) is 1.94. The zero-order valence-corrected chi connectivity index (χ0v) is 15.7. The summed E-state index contributed by atoms with van der Waals surface area (Å²) in [5, 5.41) is 2.60. The summed E-state index contributed by atoms with van der Waals surface area (Å²) in [5.74, 6) is -2.80. The van der Waals surface area contributed by atoms with Crippen LogP contribution in [0.2, 0.25) is 0 Å². The second-order valence-electron chi connectivity index (χ2n) is 6.94. The molecular weight excluding hydrogens is 395 g/mol. The van der Waals surface area contributed by atoms with Crippen LogP contribution in [0.1, 0.15) is 16.8 Å². The van der Waals surface area contributed by atoms with E-state index in [1.165, 1.54) is 35.2 Å². The van der Waals surface area contributed by atoms with E-state index in [9.17, 15) is 23.6 Å². The summed E-state index contributed by atoms with van der Waals surface area (Å²) in [5.41, 5.74) is 0.709. The Morgan fingerprint density at radius 3 is 2.80 bits per heavy atom. The van der Waals surface area contributed by atoms with E-state index in [0.29, 0.717) is 11.4 Å². The molecule has 154 valence electrons. The van der Waals surface area contributed by atoms with E-state index in [1.54, 1.807) is 12.1 Å². The van der Waals surface area contributed by atoms with Crippen LogP contribution in [0.4, 0.5) is 15.8 Å². The number of esters is 1. The molecule has 0 saturated carbocycles. The zero-order valence-electron chi connectivity index (χ0n) is 15.7. The molecule has 2 amide bonds. The number of para-hydroxylation sites is 1. The number of halogens is 1. The second kappa shape index (κ2) is 7.94. The minimum atomic E-state index is -0.791. The van der Waals surface area contributed by atoms with E-state index >= 15 is 0 Å². The summed E-state index contributed by atoms with van der Waals surface area (Å²) in [6, 6.07) is 10.3. The van der Waals surface area contributed by atoms with E-state index in [2.05, 4.69) is 5.32 Å². The molecule has 2 heterocycles. The van der Waals surface area contributed by atoms with Crippen LogP contribution >= 0.6 is 0 Å². The first-order valence-corrected chi connectivity index (χ1v) is 9.24. The van der Waals surface area contributed by atoms with Crippen molar-refractivity contribution >= 4 is 34.9 Å². The first-order chi connectivity index (χ1) is 14.4. The highest BCUT2D eigenvalue weighted by Gasteiger charge is 2.37. The lowest BCUT2D eigenvalue weighted by molar-refractivity contribution is -0.147. The smallest absolute Gasteiger partial charge is 0.311 e. The van der Waals surface area contributed by atoms with E-state index in [0.717, 1.165) is 0 Å². The maximum atomic E-state index is 13.9. The van der Waals surface area contributed by atoms with Crippen LogP contribution in [-0.2, 0) is 19.1 Å². The molecule has 0 radical (unpaired) electrons. The van der Waals surface area contributed by atoms with Crippen molar-refractivity contribution < 1.29 is 33.0 Å². The largest absolute Gasteiger partial charge is 0.482 e. The summed E-state index contributed by atoms with van der Waals surface area (Å²) in [6.45, 7) is -0.631. The molecule has 0 aliphatic carbocycles. The van der Waals surface area contributed by atoms with Gasteiger partial charge in [0, 0.05) is 18.5 Å². The number of Topliss-reactive ketones (excluding diaryl/α,β-unsaturated/α-hetero) is 1. The summed E-state index contributed by atoms with van der Waals surface area (Å²) in [4.78, 5) is 49.5. The van der Waals surface area contributed by atoms with Gasteiger partial charge in [-0.1, -0.05) is 12.1 Å². The number of carbonyl (C=O) groups excluding carboxylic acids is 4. The maximum absolute atomic E-state index is 13.9. The van der Waals surface area contributed by atoms with Crippen LogP contribution < -0.4 is 15.0 Å². The van der Waals surface area contributed by atoms with Gasteiger partial charge in [-0.25, -0.2) is 4.39 Å². The molecule has 9 heteroatoms. The van der Waals surface area contributed by atoms with Crippen LogP contribution in [0.25, 0.3) is 0 Å². The van der Waals surface area contributed by atoms with Gasteiger partial charge in [-0.15, -0.1) is 0 Å². The topological polar surface area (TPSA) is 102 Å². The highest BCUT2D eigenvalue weighted by atomic mass is 19.1. The Hall–Kier alpha value is -3.75. The molecule has 1 saturated heterocycles. The molecule has 0 bridgehead atoms. The monoisotopic (exact) mass is 412 g/mol. The van der Waals surface area contributed by atoms with Crippen molar-refractivity contribution in [2.24, 2.45) is 5.92 Å². The highest BCUT2D eigenvalue weighted by Crippen LogP contribution is 2.29. The zero-order chi connectivity index (χ0) is 21.3. The number of nitrogens with zero attached hydrogens (tertiary/aromatic N) is 1. The molecule has 1 N–H and O–H groups in total. The van der Waals surface area contributed by atoms with Crippen molar-refractivity contribution in [1.29, 1.82) is 0 Å². The number of ether oxygens (including phenoxy) is 2. The summed E-state index contributed by atoms with van der Waals surface area (Å²) >= 11 is 0. The molecule has 2 aromatic carbocycles. The number of fused-ring (bicyclic) bond motifs is 1. The summed E-state index contributed by atoms with van der Waals surface area (Å²) < 4.78 is 24.3. The number of carbonyl (C=O) groups is 4. The lowest BCUT2D eigenvalue weighted by Gasteiger charge is -2.18. The molecule has 0 spiro atoms. The number of nitrogens with one attached hydrogen (secondary N) is 1.